The summed E-state index contributed by atoms with van der Waals surface area (Å²) in [6, 6.07) is 18.4. The van der Waals surface area contributed by atoms with Crippen LogP contribution >= 0.6 is 11.3 Å². The van der Waals surface area contributed by atoms with Crippen molar-refractivity contribution in [3.8, 4) is 5.75 Å². The molecule has 1 unspecified atom stereocenters. The highest BCUT2D eigenvalue weighted by Gasteiger charge is 2.16. The van der Waals surface area contributed by atoms with Crippen LogP contribution in [0.5, 0.6) is 5.75 Å². The number of hydrogen-bond acceptors (Lipinski definition) is 4. The molecule has 0 aliphatic carbocycles. The number of hydrogen-bond donors (Lipinski definition) is 1. The van der Waals surface area contributed by atoms with Crippen molar-refractivity contribution in [2.75, 3.05) is 13.6 Å². The maximum Gasteiger partial charge on any atom is 0.134 e. The Bertz CT molecular complexity index is 720. The van der Waals surface area contributed by atoms with E-state index in [1.54, 1.807) is 18.4 Å². The van der Waals surface area contributed by atoms with Gasteiger partial charge in [-0.2, -0.15) is 5.06 Å². The van der Waals surface area contributed by atoms with Crippen molar-refractivity contribution in [2.24, 2.45) is 0 Å². The van der Waals surface area contributed by atoms with Gasteiger partial charge in [-0.25, -0.2) is 0 Å². The first-order valence-corrected chi connectivity index (χ1v) is 8.20. The van der Waals surface area contributed by atoms with Crippen molar-refractivity contribution >= 4 is 22.1 Å². The predicted octanol–water partition coefficient (Wildman–Crippen LogP) is 4.73. The summed E-state index contributed by atoms with van der Waals surface area (Å²) in [4.78, 5) is 1.18. The Morgan fingerprint density at radius 3 is 2.68 bits per heavy atom. The topological polar surface area (TPSA) is 32.7 Å². The van der Waals surface area contributed by atoms with Crippen LogP contribution in [0.3, 0.4) is 0 Å². The third-order valence-corrected chi connectivity index (χ3v) is 4.56. The highest BCUT2D eigenvalue weighted by atomic mass is 32.1. The van der Waals surface area contributed by atoms with E-state index in [0.717, 1.165) is 17.6 Å². The van der Waals surface area contributed by atoms with E-state index >= 15 is 0 Å². The molecular formula is C18H19NO2S. The van der Waals surface area contributed by atoms with E-state index < -0.39 is 0 Å². The molecule has 0 fully saturated rings. The fourth-order valence-electron chi connectivity index (χ4n) is 2.49. The first-order chi connectivity index (χ1) is 10.7. The maximum absolute atomic E-state index is 9.42. The summed E-state index contributed by atoms with van der Waals surface area (Å²) in [7, 11) is 1.66. The van der Waals surface area contributed by atoms with Gasteiger partial charge in [-0.3, -0.25) is 0 Å². The molecule has 22 heavy (non-hydrogen) atoms. The highest BCUT2D eigenvalue weighted by Crippen LogP contribution is 2.32. The molecule has 0 radical (unpaired) electrons. The number of nitrogens with zero attached hydrogens (tertiary/aromatic N) is 1. The van der Waals surface area contributed by atoms with E-state index in [2.05, 4.69) is 29.6 Å². The van der Waals surface area contributed by atoms with Gasteiger partial charge in [0.25, 0.3) is 0 Å². The Morgan fingerprint density at radius 1 is 1.09 bits per heavy atom. The molecule has 0 amide bonds. The molecular weight excluding hydrogens is 294 g/mol. The van der Waals surface area contributed by atoms with E-state index in [4.69, 9.17) is 4.74 Å². The van der Waals surface area contributed by atoms with E-state index in [0.29, 0.717) is 6.54 Å². The number of rotatable bonds is 6. The summed E-state index contributed by atoms with van der Waals surface area (Å²) in [5.74, 6) is 0.886. The lowest BCUT2D eigenvalue weighted by Crippen LogP contribution is -2.18. The molecule has 1 atom stereocenters. The minimum atomic E-state index is -0.0552. The molecule has 3 aromatic rings. The molecule has 1 N–H and O–H groups in total. The van der Waals surface area contributed by atoms with E-state index in [9.17, 15) is 5.21 Å². The first kappa shape index (κ1) is 15.0. The molecule has 0 saturated heterocycles. The van der Waals surface area contributed by atoms with Crippen LogP contribution in [0.15, 0.2) is 60.0 Å². The monoisotopic (exact) mass is 313 g/mol. The molecule has 0 saturated carbocycles. The standard InChI is InChI=1S/C18H19NO2S/c1-19(20)12-11-17(18-10-5-13-22-18)21-16-9-4-7-14-6-2-3-8-15(14)16/h2-10,13,17,20H,11-12H2,1H3. The minimum absolute atomic E-state index is 0.0552. The Morgan fingerprint density at radius 2 is 1.91 bits per heavy atom. The molecule has 4 heteroatoms. The third-order valence-electron chi connectivity index (χ3n) is 3.59. The lowest BCUT2D eigenvalue weighted by Gasteiger charge is -2.20. The first-order valence-electron chi connectivity index (χ1n) is 7.32. The van der Waals surface area contributed by atoms with Crippen LogP contribution in [0.2, 0.25) is 0 Å². The number of benzene rings is 2. The van der Waals surface area contributed by atoms with Gasteiger partial charge in [-0.1, -0.05) is 42.5 Å². The van der Waals surface area contributed by atoms with Crippen LogP contribution < -0.4 is 4.74 Å². The van der Waals surface area contributed by atoms with Crippen molar-refractivity contribution in [1.29, 1.82) is 0 Å². The van der Waals surface area contributed by atoms with Crippen LogP contribution in [0.25, 0.3) is 10.8 Å². The van der Waals surface area contributed by atoms with Crippen LogP contribution in [0.1, 0.15) is 17.4 Å². The summed E-state index contributed by atoms with van der Waals surface area (Å²) in [5.41, 5.74) is 0. The second kappa shape index (κ2) is 6.92. The Kier molecular flexibility index (Phi) is 4.73. The SMILES string of the molecule is CN(O)CCC(Oc1cccc2ccccc12)c1cccs1. The summed E-state index contributed by atoms with van der Waals surface area (Å²) >= 11 is 1.68. The lowest BCUT2D eigenvalue weighted by atomic mass is 10.1. The van der Waals surface area contributed by atoms with Crippen molar-refractivity contribution in [3.05, 3.63) is 64.9 Å². The second-order valence-electron chi connectivity index (χ2n) is 5.27. The molecule has 3 nitrogen and oxygen atoms in total. The molecule has 2 aromatic carbocycles. The van der Waals surface area contributed by atoms with Gasteiger partial charge in [-0.15, -0.1) is 11.3 Å². The van der Waals surface area contributed by atoms with Gasteiger partial charge < -0.3 is 9.94 Å². The van der Waals surface area contributed by atoms with Crippen LogP contribution in [0.4, 0.5) is 0 Å². The quantitative estimate of drug-likeness (QED) is 0.668. The third kappa shape index (κ3) is 3.47. The van der Waals surface area contributed by atoms with Crippen LogP contribution in [-0.2, 0) is 0 Å². The normalized spacial score (nSPS) is 12.7. The minimum Gasteiger partial charge on any atom is -0.484 e. The molecule has 0 bridgehead atoms. The molecule has 1 heterocycles. The summed E-state index contributed by atoms with van der Waals surface area (Å²) < 4.78 is 6.30. The zero-order chi connectivity index (χ0) is 15.4. The van der Waals surface area contributed by atoms with Gasteiger partial charge >= 0.3 is 0 Å². The van der Waals surface area contributed by atoms with E-state index in [-0.39, 0.29) is 6.10 Å². The number of thiophene rings is 1. The average molecular weight is 313 g/mol. The molecule has 0 aliphatic heterocycles. The van der Waals surface area contributed by atoms with E-state index in [1.807, 2.05) is 30.3 Å². The van der Waals surface area contributed by atoms with Gasteiger partial charge in [0, 0.05) is 30.3 Å². The largest absolute Gasteiger partial charge is 0.484 e. The second-order valence-corrected chi connectivity index (χ2v) is 6.25. The van der Waals surface area contributed by atoms with Crippen molar-refractivity contribution in [3.63, 3.8) is 0 Å². The van der Waals surface area contributed by atoms with Gasteiger partial charge in [0.2, 0.25) is 0 Å². The summed E-state index contributed by atoms with van der Waals surface area (Å²) in [5, 5.41) is 15.0. The Hall–Kier alpha value is -1.88. The molecule has 114 valence electrons. The van der Waals surface area contributed by atoms with Crippen LogP contribution in [-0.4, -0.2) is 23.9 Å². The average Bonchev–Trinajstić information content (AvgIpc) is 3.05. The molecule has 3 rings (SSSR count). The van der Waals surface area contributed by atoms with Crippen molar-refractivity contribution in [2.45, 2.75) is 12.5 Å². The smallest absolute Gasteiger partial charge is 0.134 e. The molecule has 1 aromatic heterocycles. The highest BCUT2D eigenvalue weighted by molar-refractivity contribution is 7.10. The number of hydroxylamine groups is 2. The fraction of sp³-hybridized carbons (Fsp3) is 0.222. The van der Waals surface area contributed by atoms with Gasteiger partial charge in [-0.05, 0) is 22.9 Å². The van der Waals surface area contributed by atoms with Crippen LogP contribution in [0, 0.1) is 0 Å². The van der Waals surface area contributed by atoms with Gasteiger partial charge in [0.05, 0.1) is 0 Å². The Balaban J connectivity index is 1.88. The molecule has 0 aliphatic rings. The summed E-state index contributed by atoms with van der Waals surface area (Å²) in [6.45, 7) is 0.563. The number of ether oxygens (including phenoxy) is 1. The van der Waals surface area contributed by atoms with Crippen molar-refractivity contribution < 1.29 is 9.94 Å². The number of fused-ring (bicyclic) bond motifs is 1. The summed E-state index contributed by atoms with van der Waals surface area (Å²) in [6.07, 6.45) is 0.678. The van der Waals surface area contributed by atoms with E-state index in [1.165, 1.54) is 15.3 Å². The van der Waals surface area contributed by atoms with Gasteiger partial charge in [0.15, 0.2) is 0 Å². The molecule has 0 spiro atoms. The predicted molar refractivity (Wildman–Crippen MR) is 90.7 cm³/mol. The lowest BCUT2D eigenvalue weighted by molar-refractivity contribution is -0.0709. The maximum atomic E-state index is 9.42. The zero-order valence-electron chi connectivity index (χ0n) is 12.5. The Labute approximate surface area is 134 Å². The van der Waals surface area contributed by atoms with Gasteiger partial charge in [0.1, 0.15) is 11.9 Å². The zero-order valence-corrected chi connectivity index (χ0v) is 13.3. The van der Waals surface area contributed by atoms with Crippen molar-refractivity contribution in [1.82, 2.24) is 5.06 Å². The fourth-order valence-corrected chi connectivity index (χ4v) is 3.28.